The number of para-hydroxylation sites is 1. The molecule has 1 heterocycles. The molecule has 3 aromatic rings. The molecule has 132 valence electrons. The smallest absolute Gasteiger partial charge is 0.255 e. The Kier molecular flexibility index (Phi) is 5.22. The Labute approximate surface area is 150 Å². The van der Waals surface area contributed by atoms with Gasteiger partial charge in [0, 0.05) is 19.8 Å². The highest BCUT2D eigenvalue weighted by Crippen LogP contribution is 2.22. The van der Waals surface area contributed by atoms with Crippen LogP contribution in [0.3, 0.4) is 0 Å². The van der Waals surface area contributed by atoms with Crippen LogP contribution in [-0.2, 0) is 6.54 Å². The Balaban J connectivity index is 1.70. The van der Waals surface area contributed by atoms with Crippen molar-refractivity contribution in [1.29, 1.82) is 0 Å². The topological polar surface area (TPSA) is 45.2 Å². The SMILES string of the molecule is CN(Cc1ccccc1)C(=O)c1ccc(Nc2c(F)cccc2F)nc1. The van der Waals surface area contributed by atoms with Crippen LogP contribution in [0, 0.1) is 11.6 Å². The van der Waals surface area contributed by atoms with Crippen LogP contribution in [0.5, 0.6) is 0 Å². The van der Waals surface area contributed by atoms with Gasteiger partial charge in [-0.05, 0) is 29.8 Å². The second kappa shape index (κ2) is 7.74. The van der Waals surface area contributed by atoms with E-state index < -0.39 is 11.6 Å². The predicted molar refractivity (Wildman–Crippen MR) is 96.1 cm³/mol. The summed E-state index contributed by atoms with van der Waals surface area (Å²) in [6.45, 7) is 0.472. The summed E-state index contributed by atoms with van der Waals surface area (Å²) in [6, 6.07) is 16.3. The highest BCUT2D eigenvalue weighted by atomic mass is 19.1. The summed E-state index contributed by atoms with van der Waals surface area (Å²) in [5.74, 6) is -1.37. The zero-order valence-corrected chi connectivity index (χ0v) is 14.1. The van der Waals surface area contributed by atoms with E-state index >= 15 is 0 Å². The molecular formula is C20H17F2N3O. The number of aromatic nitrogens is 1. The van der Waals surface area contributed by atoms with E-state index in [2.05, 4.69) is 10.3 Å². The lowest BCUT2D eigenvalue weighted by Gasteiger charge is -2.17. The van der Waals surface area contributed by atoms with E-state index in [9.17, 15) is 13.6 Å². The molecule has 1 aromatic heterocycles. The molecule has 0 radical (unpaired) electrons. The number of rotatable bonds is 5. The molecule has 2 aromatic carbocycles. The number of nitrogens with one attached hydrogen (secondary N) is 1. The lowest BCUT2D eigenvalue weighted by molar-refractivity contribution is 0.0784. The molecule has 0 aliphatic heterocycles. The minimum Gasteiger partial charge on any atom is -0.337 e. The number of carbonyl (C=O) groups is 1. The minimum atomic E-state index is -0.713. The van der Waals surface area contributed by atoms with Gasteiger partial charge in [-0.3, -0.25) is 4.79 Å². The molecule has 26 heavy (non-hydrogen) atoms. The van der Waals surface area contributed by atoms with Gasteiger partial charge < -0.3 is 10.2 Å². The van der Waals surface area contributed by atoms with Gasteiger partial charge in [0.25, 0.3) is 5.91 Å². The van der Waals surface area contributed by atoms with Crippen LogP contribution in [-0.4, -0.2) is 22.8 Å². The van der Waals surface area contributed by atoms with Crippen molar-refractivity contribution in [3.05, 3.63) is 89.6 Å². The van der Waals surface area contributed by atoms with Gasteiger partial charge in [0.1, 0.15) is 23.1 Å². The van der Waals surface area contributed by atoms with Gasteiger partial charge >= 0.3 is 0 Å². The summed E-state index contributed by atoms with van der Waals surface area (Å²) in [5.41, 5.74) is 1.13. The van der Waals surface area contributed by atoms with Gasteiger partial charge in [-0.1, -0.05) is 36.4 Å². The van der Waals surface area contributed by atoms with E-state index in [1.807, 2.05) is 30.3 Å². The number of hydrogen-bond donors (Lipinski definition) is 1. The quantitative estimate of drug-likeness (QED) is 0.741. The van der Waals surface area contributed by atoms with Crippen molar-refractivity contribution in [1.82, 2.24) is 9.88 Å². The number of nitrogens with zero attached hydrogens (tertiary/aromatic N) is 2. The maximum atomic E-state index is 13.7. The van der Waals surface area contributed by atoms with Crippen LogP contribution in [0.1, 0.15) is 15.9 Å². The number of carbonyl (C=O) groups excluding carboxylic acids is 1. The zero-order chi connectivity index (χ0) is 18.5. The highest BCUT2D eigenvalue weighted by molar-refractivity contribution is 5.93. The molecule has 0 spiro atoms. The second-order valence-corrected chi connectivity index (χ2v) is 5.80. The maximum absolute atomic E-state index is 13.7. The van der Waals surface area contributed by atoms with Crippen LogP contribution in [0.25, 0.3) is 0 Å². The van der Waals surface area contributed by atoms with Crippen LogP contribution >= 0.6 is 0 Å². The summed E-state index contributed by atoms with van der Waals surface area (Å²) in [7, 11) is 1.70. The summed E-state index contributed by atoms with van der Waals surface area (Å²) in [4.78, 5) is 18.1. The van der Waals surface area contributed by atoms with E-state index in [0.717, 1.165) is 17.7 Å². The van der Waals surface area contributed by atoms with Gasteiger partial charge in [0.15, 0.2) is 0 Å². The van der Waals surface area contributed by atoms with E-state index in [0.29, 0.717) is 12.1 Å². The van der Waals surface area contributed by atoms with Gasteiger partial charge in [-0.15, -0.1) is 0 Å². The Bertz CT molecular complexity index is 878. The Morgan fingerprint density at radius 2 is 1.69 bits per heavy atom. The van der Waals surface area contributed by atoms with Crippen molar-refractivity contribution in [2.45, 2.75) is 6.54 Å². The number of anilines is 2. The summed E-state index contributed by atoms with van der Waals surface area (Å²) in [5, 5.41) is 2.59. The molecule has 0 saturated heterocycles. The van der Waals surface area contributed by atoms with Gasteiger partial charge in [0.2, 0.25) is 0 Å². The first-order valence-corrected chi connectivity index (χ1v) is 8.01. The summed E-state index contributed by atoms with van der Waals surface area (Å²) >= 11 is 0. The largest absolute Gasteiger partial charge is 0.337 e. The van der Waals surface area contributed by atoms with Crippen molar-refractivity contribution in [2.24, 2.45) is 0 Å². The molecule has 0 unspecified atom stereocenters. The number of amides is 1. The van der Waals surface area contributed by atoms with E-state index in [4.69, 9.17) is 0 Å². The van der Waals surface area contributed by atoms with Crippen LogP contribution in [0.15, 0.2) is 66.9 Å². The molecular weight excluding hydrogens is 336 g/mol. The number of pyridine rings is 1. The molecule has 0 bridgehead atoms. The highest BCUT2D eigenvalue weighted by Gasteiger charge is 2.13. The Hall–Kier alpha value is -3.28. The fourth-order valence-electron chi connectivity index (χ4n) is 2.49. The van der Waals surface area contributed by atoms with Gasteiger partial charge in [-0.25, -0.2) is 13.8 Å². The lowest BCUT2D eigenvalue weighted by Crippen LogP contribution is -2.26. The zero-order valence-electron chi connectivity index (χ0n) is 14.1. The molecule has 0 aliphatic rings. The standard InChI is InChI=1S/C20H17F2N3O/c1-25(13-14-6-3-2-4-7-14)20(26)15-10-11-18(23-12-15)24-19-16(21)8-5-9-17(19)22/h2-12H,13H2,1H3,(H,23,24). The first-order valence-electron chi connectivity index (χ1n) is 8.01. The minimum absolute atomic E-state index is 0.190. The van der Waals surface area contributed by atoms with Crippen LogP contribution in [0.2, 0.25) is 0 Å². The van der Waals surface area contributed by atoms with Crippen LogP contribution in [0.4, 0.5) is 20.3 Å². The van der Waals surface area contributed by atoms with Crippen LogP contribution < -0.4 is 5.32 Å². The molecule has 0 atom stereocenters. The number of benzene rings is 2. The summed E-state index contributed by atoms with van der Waals surface area (Å²) < 4.78 is 27.3. The normalized spacial score (nSPS) is 10.4. The average Bonchev–Trinajstić information content (AvgIpc) is 2.65. The third-order valence-corrected chi connectivity index (χ3v) is 3.84. The fourth-order valence-corrected chi connectivity index (χ4v) is 2.49. The number of halogens is 2. The molecule has 0 fully saturated rings. The first-order chi connectivity index (χ1) is 12.5. The molecule has 0 saturated carbocycles. The first kappa shape index (κ1) is 17.5. The van der Waals surface area contributed by atoms with E-state index in [-0.39, 0.29) is 17.4 Å². The second-order valence-electron chi connectivity index (χ2n) is 5.80. The van der Waals surface area contributed by atoms with Gasteiger partial charge in [-0.2, -0.15) is 0 Å². The third-order valence-electron chi connectivity index (χ3n) is 3.84. The fraction of sp³-hybridized carbons (Fsp3) is 0.100. The van der Waals surface area contributed by atoms with Crippen molar-refractivity contribution in [2.75, 3.05) is 12.4 Å². The van der Waals surface area contributed by atoms with E-state index in [1.54, 1.807) is 18.0 Å². The molecule has 4 nitrogen and oxygen atoms in total. The Morgan fingerprint density at radius 1 is 1.00 bits per heavy atom. The molecule has 0 aliphatic carbocycles. The van der Waals surface area contributed by atoms with Crippen molar-refractivity contribution in [3.8, 4) is 0 Å². The maximum Gasteiger partial charge on any atom is 0.255 e. The van der Waals surface area contributed by atoms with Crippen molar-refractivity contribution < 1.29 is 13.6 Å². The summed E-state index contributed by atoms with van der Waals surface area (Å²) in [6.07, 6.45) is 1.38. The molecule has 6 heteroatoms. The van der Waals surface area contributed by atoms with E-state index in [1.165, 1.54) is 18.3 Å². The number of hydrogen-bond acceptors (Lipinski definition) is 3. The van der Waals surface area contributed by atoms with Gasteiger partial charge in [0.05, 0.1) is 5.56 Å². The third kappa shape index (κ3) is 4.03. The molecule has 3 rings (SSSR count). The predicted octanol–water partition coefficient (Wildman–Crippen LogP) is 4.38. The van der Waals surface area contributed by atoms with Crippen molar-refractivity contribution >= 4 is 17.4 Å². The average molecular weight is 353 g/mol. The van der Waals surface area contributed by atoms with Crippen molar-refractivity contribution in [3.63, 3.8) is 0 Å². The Morgan fingerprint density at radius 3 is 2.31 bits per heavy atom. The molecule has 1 N–H and O–H groups in total. The monoisotopic (exact) mass is 353 g/mol. The molecule has 1 amide bonds. The lowest BCUT2D eigenvalue weighted by atomic mass is 10.2.